The summed E-state index contributed by atoms with van der Waals surface area (Å²) in [6.07, 6.45) is 3.41. The molecule has 0 heteroatoms. The topological polar surface area (TPSA) is 0 Å². The van der Waals surface area contributed by atoms with Crippen LogP contribution in [0.1, 0.15) is 31.9 Å². The van der Waals surface area contributed by atoms with Crippen molar-refractivity contribution in [3.05, 3.63) is 48.4 Å². The van der Waals surface area contributed by atoms with E-state index < -0.39 is 0 Å². The second-order valence-corrected chi connectivity index (χ2v) is 2.87. The van der Waals surface area contributed by atoms with Gasteiger partial charge in [-0.3, -0.25) is 0 Å². The molecular formula is C13H19-. The van der Waals surface area contributed by atoms with E-state index in [1.165, 1.54) is 16.7 Å². The van der Waals surface area contributed by atoms with Gasteiger partial charge in [0.2, 0.25) is 0 Å². The Kier molecular flexibility index (Phi) is 5.13. The molecule has 0 unspecified atom stereocenters. The fourth-order valence-electron chi connectivity index (χ4n) is 1.45. The summed E-state index contributed by atoms with van der Waals surface area (Å²) < 4.78 is 0. The van der Waals surface area contributed by atoms with Crippen molar-refractivity contribution >= 4 is 6.08 Å². The number of hydrogen-bond acceptors (Lipinski definition) is 0. The van der Waals surface area contributed by atoms with Crippen molar-refractivity contribution in [2.24, 2.45) is 0 Å². The van der Waals surface area contributed by atoms with Gasteiger partial charge in [-0.2, -0.15) is 0 Å². The molecule has 2 rings (SSSR count). The van der Waals surface area contributed by atoms with E-state index in [-0.39, 0.29) is 7.43 Å². The van der Waals surface area contributed by atoms with E-state index in [9.17, 15) is 0 Å². The SMILES string of the molecule is CC.CC1=Cc2ccccc2C1.[CH3-]. The lowest BCUT2D eigenvalue weighted by Crippen LogP contribution is -1.79. The van der Waals surface area contributed by atoms with Gasteiger partial charge in [0.25, 0.3) is 0 Å². The smallest absolute Gasteiger partial charge is 0.00606 e. The van der Waals surface area contributed by atoms with Crippen LogP contribution in [0.3, 0.4) is 0 Å². The number of hydrogen-bond donors (Lipinski definition) is 0. The molecule has 1 aromatic carbocycles. The van der Waals surface area contributed by atoms with E-state index in [2.05, 4.69) is 37.3 Å². The van der Waals surface area contributed by atoms with Crippen LogP contribution in [0.4, 0.5) is 0 Å². The molecule has 1 aliphatic carbocycles. The molecule has 0 nitrogen and oxygen atoms in total. The molecule has 0 N–H and O–H groups in total. The molecule has 0 heterocycles. The largest absolute Gasteiger partial charge is 0.358 e. The maximum absolute atomic E-state index is 2.26. The van der Waals surface area contributed by atoms with E-state index >= 15 is 0 Å². The first-order valence-corrected chi connectivity index (χ1v) is 4.61. The third kappa shape index (κ3) is 2.73. The molecule has 0 saturated carbocycles. The second-order valence-electron chi connectivity index (χ2n) is 2.87. The Hall–Kier alpha value is -1.04. The highest BCUT2D eigenvalue weighted by atomic mass is 14.1. The van der Waals surface area contributed by atoms with Crippen LogP contribution in [-0.2, 0) is 6.42 Å². The Morgan fingerprint density at radius 2 is 1.69 bits per heavy atom. The molecule has 13 heavy (non-hydrogen) atoms. The van der Waals surface area contributed by atoms with Crippen LogP contribution < -0.4 is 0 Å². The number of benzene rings is 1. The lowest BCUT2D eigenvalue weighted by molar-refractivity contribution is 1.20. The van der Waals surface area contributed by atoms with Gasteiger partial charge in [0, 0.05) is 0 Å². The summed E-state index contributed by atoms with van der Waals surface area (Å²) in [5.41, 5.74) is 4.35. The predicted molar refractivity (Wildman–Crippen MR) is 61.6 cm³/mol. The predicted octanol–water partition coefficient (Wildman–Crippen LogP) is 4.12. The summed E-state index contributed by atoms with van der Waals surface area (Å²) in [7, 11) is 0. The van der Waals surface area contributed by atoms with Gasteiger partial charge in [-0.05, 0) is 24.5 Å². The first-order valence-electron chi connectivity index (χ1n) is 4.61. The fourth-order valence-corrected chi connectivity index (χ4v) is 1.45. The zero-order valence-electron chi connectivity index (χ0n) is 9.09. The average molecular weight is 175 g/mol. The van der Waals surface area contributed by atoms with E-state index in [4.69, 9.17) is 0 Å². The summed E-state index contributed by atoms with van der Waals surface area (Å²) in [6, 6.07) is 8.56. The van der Waals surface area contributed by atoms with Crippen molar-refractivity contribution in [1.29, 1.82) is 0 Å². The fraction of sp³-hybridized carbons (Fsp3) is 0.308. The van der Waals surface area contributed by atoms with E-state index in [1.807, 2.05) is 13.8 Å². The third-order valence-electron chi connectivity index (χ3n) is 1.93. The molecule has 0 amide bonds. The van der Waals surface area contributed by atoms with Gasteiger partial charge in [0.15, 0.2) is 0 Å². The summed E-state index contributed by atoms with van der Waals surface area (Å²) in [4.78, 5) is 0. The van der Waals surface area contributed by atoms with Gasteiger partial charge < -0.3 is 7.43 Å². The lowest BCUT2D eigenvalue weighted by atomic mass is 10.1. The highest BCUT2D eigenvalue weighted by molar-refractivity contribution is 5.62. The second kappa shape index (κ2) is 5.58. The normalized spacial score (nSPS) is 11.8. The molecular weight excluding hydrogens is 156 g/mol. The van der Waals surface area contributed by atoms with Crippen LogP contribution in [-0.4, -0.2) is 0 Å². The van der Waals surface area contributed by atoms with Crippen LogP contribution in [0.5, 0.6) is 0 Å². The van der Waals surface area contributed by atoms with Crippen molar-refractivity contribution in [3.8, 4) is 0 Å². The zero-order valence-corrected chi connectivity index (χ0v) is 9.09. The van der Waals surface area contributed by atoms with Crippen LogP contribution >= 0.6 is 0 Å². The standard InChI is InChI=1S/C10H10.C2H6.CH3/c1-8-6-9-4-2-3-5-10(9)7-8;1-2;/h2-6H,7H2,1H3;1-2H3;1H3/q;;-1. The maximum Gasteiger partial charge on any atom is -0.00606 e. The van der Waals surface area contributed by atoms with Crippen LogP contribution in [0.2, 0.25) is 0 Å². The van der Waals surface area contributed by atoms with Gasteiger partial charge in [0.05, 0.1) is 0 Å². The number of allylic oxidation sites excluding steroid dienone is 1. The highest BCUT2D eigenvalue weighted by Crippen LogP contribution is 2.23. The molecule has 0 atom stereocenters. The third-order valence-corrected chi connectivity index (χ3v) is 1.93. The molecule has 1 aliphatic rings. The molecule has 0 saturated heterocycles. The summed E-state index contributed by atoms with van der Waals surface area (Å²) in [5, 5.41) is 0. The van der Waals surface area contributed by atoms with E-state index in [0.717, 1.165) is 6.42 Å². The van der Waals surface area contributed by atoms with E-state index in [1.54, 1.807) is 0 Å². The monoisotopic (exact) mass is 175 g/mol. The zero-order chi connectivity index (χ0) is 8.97. The Balaban J connectivity index is 0.000000451. The molecule has 0 bridgehead atoms. The number of rotatable bonds is 0. The quantitative estimate of drug-likeness (QED) is 0.520. The Morgan fingerprint density at radius 1 is 1.08 bits per heavy atom. The molecule has 1 aromatic rings. The van der Waals surface area contributed by atoms with Crippen LogP contribution in [0.25, 0.3) is 6.08 Å². The number of fused-ring (bicyclic) bond motifs is 1. The van der Waals surface area contributed by atoms with Crippen molar-refractivity contribution in [1.82, 2.24) is 0 Å². The maximum atomic E-state index is 2.26. The Morgan fingerprint density at radius 3 is 2.31 bits per heavy atom. The lowest BCUT2D eigenvalue weighted by Gasteiger charge is -1.93. The van der Waals surface area contributed by atoms with Gasteiger partial charge in [-0.25, -0.2) is 0 Å². The molecule has 0 radical (unpaired) electrons. The Labute approximate surface area is 82.3 Å². The average Bonchev–Trinajstić information content (AvgIpc) is 2.48. The first kappa shape index (κ1) is 12.0. The summed E-state index contributed by atoms with van der Waals surface area (Å²) >= 11 is 0. The van der Waals surface area contributed by atoms with Gasteiger partial charge in [0.1, 0.15) is 0 Å². The summed E-state index contributed by atoms with van der Waals surface area (Å²) in [6.45, 7) is 6.18. The van der Waals surface area contributed by atoms with Crippen molar-refractivity contribution in [3.63, 3.8) is 0 Å². The molecule has 0 fully saturated rings. The van der Waals surface area contributed by atoms with Gasteiger partial charge in [-0.1, -0.05) is 49.8 Å². The van der Waals surface area contributed by atoms with Gasteiger partial charge in [-0.15, -0.1) is 0 Å². The molecule has 0 spiro atoms. The highest BCUT2D eigenvalue weighted by Gasteiger charge is 2.06. The van der Waals surface area contributed by atoms with Crippen molar-refractivity contribution in [2.45, 2.75) is 27.2 Å². The van der Waals surface area contributed by atoms with Gasteiger partial charge >= 0.3 is 0 Å². The van der Waals surface area contributed by atoms with Crippen molar-refractivity contribution in [2.75, 3.05) is 0 Å². The minimum Gasteiger partial charge on any atom is -0.358 e. The Bertz CT molecular complexity index is 282. The van der Waals surface area contributed by atoms with Crippen LogP contribution in [0, 0.1) is 7.43 Å². The first-order chi connectivity index (χ1) is 5.86. The molecule has 0 aromatic heterocycles. The summed E-state index contributed by atoms with van der Waals surface area (Å²) in [5.74, 6) is 0. The van der Waals surface area contributed by atoms with Crippen molar-refractivity contribution < 1.29 is 0 Å². The molecule has 72 valence electrons. The van der Waals surface area contributed by atoms with E-state index in [0.29, 0.717) is 0 Å². The minimum atomic E-state index is 0. The van der Waals surface area contributed by atoms with Crippen LogP contribution in [0.15, 0.2) is 29.8 Å². The molecule has 0 aliphatic heterocycles. The minimum absolute atomic E-state index is 0.